The average molecular weight is 984 g/mol. The third-order valence-corrected chi connectivity index (χ3v) is 14.7. The summed E-state index contributed by atoms with van der Waals surface area (Å²) in [4.78, 5) is 14.0. The summed E-state index contributed by atoms with van der Waals surface area (Å²) >= 11 is 1.86. The number of aryl methyl sites for hydroxylation is 2. The molecule has 4 aromatic heterocycles. The van der Waals surface area contributed by atoms with Gasteiger partial charge in [0.25, 0.3) is 0 Å². The number of pyridine rings is 3. The number of rotatable bonds is 7. The molecule has 0 amide bonds. The maximum absolute atomic E-state index is 4.78. The monoisotopic (exact) mass is 984 g/mol. The number of hydrogen-bond acceptors (Lipinski definition) is 4. The molecule has 6 heteroatoms. The summed E-state index contributed by atoms with van der Waals surface area (Å²) < 4.78 is 2.61. The largest absolute Gasteiger partial charge is 0.305 e. The van der Waals surface area contributed by atoms with Crippen molar-refractivity contribution in [2.75, 3.05) is 0 Å². The number of fused-ring (bicyclic) bond motifs is 3. The Morgan fingerprint density at radius 3 is 2.14 bits per heavy atom. The number of thiophene rings is 1. The summed E-state index contributed by atoms with van der Waals surface area (Å²) in [5.74, 6) is 1.18. The number of hydrogen-bond donors (Lipinski definition) is 0. The van der Waals surface area contributed by atoms with Crippen molar-refractivity contribution in [3.8, 4) is 44.8 Å². The van der Waals surface area contributed by atoms with Crippen LogP contribution in [0.5, 0.6) is 0 Å². The first kappa shape index (κ1) is 42.5. The van der Waals surface area contributed by atoms with Crippen molar-refractivity contribution in [3.05, 3.63) is 156 Å². The van der Waals surface area contributed by atoms with Crippen molar-refractivity contribution in [2.24, 2.45) is 0 Å². The van der Waals surface area contributed by atoms with Gasteiger partial charge in [-0.25, -0.2) is 0 Å². The zero-order valence-corrected chi connectivity index (χ0v) is 39.5. The predicted octanol–water partition coefficient (Wildman–Crippen LogP) is 14.5. The fourth-order valence-electron chi connectivity index (χ4n) is 8.50. The molecule has 3 nitrogen and oxygen atoms in total. The van der Waals surface area contributed by atoms with Crippen molar-refractivity contribution < 1.29 is 20.1 Å². The summed E-state index contributed by atoms with van der Waals surface area (Å²) in [7, 11) is -1.41. The van der Waals surface area contributed by atoms with Crippen LogP contribution in [-0.4, -0.2) is 23.0 Å². The Hall–Kier alpha value is -4.58. The fraction of sp³-hybridized carbons (Fsp3) is 0.264. The summed E-state index contributed by atoms with van der Waals surface area (Å²) in [6.07, 6.45) is 10.8. The Morgan fingerprint density at radius 1 is 0.695 bits per heavy atom. The predicted molar refractivity (Wildman–Crippen MR) is 251 cm³/mol. The van der Waals surface area contributed by atoms with E-state index in [1.807, 2.05) is 31.4 Å². The summed E-state index contributed by atoms with van der Waals surface area (Å²) in [5, 5.41) is 4.08. The van der Waals surface area contributed by atoms with E-state index < -0.39 is 8.07 Å². The first-order valence-corrected chi connectivity index (χ1v) is 25.2. The van der Waals surface area contributed by atoms with Crippen LogP contribution >= 0.6 is 11.3 Å². The van der Waals surface area contributed by atoms with Crippen LogP contribution in [-0.2, 0) is 20.1 Å². The normalized spacial score (nSPS) is 13.3. The van der Waals surface area contributed by atoms with Gasteiger partial charge in [-0.2, -0.15) is 11.3 Å². The quantitative estimate of drug-likeness (QED) is 0.118. The van der Waals surface area contributed by atoms with E-state index in [9.17, 15) is 0 Å². The van der Waals surface area contributed by atoms with Gasteiger partial charge >= 0.3 is 0 Å². The third kappa shape index (κ3) is 9.58. The molecule has 0 unspecified atom stereocenters. The van der Waals surface area contributed by atoms with Crippen molar-refractivity contribution in [1.82, 2.24) is 15.0 Å². The molecule has 59 heavy (non-hydrogen) atoms. The van der Waals surface area contributed by atoms with Crippen LogP contribution in [0, 0.1) is 26.0 Å². The van der Waals surface area contributed by atoms with Gasteiger partial charge in [0.05, 0.1) is 8.07 Å². The van der Waals surface area contributed by atoms with Crippen LogP contribution in [0.15, 0.2) is 122 Å². The molecule has 1 aliphatic rings. The molecule has 1 saturated carbocycles. The van der Waals surface area contributed by atoms with Crippen molar-refractivity contribution >= 4 is 44.8 Å². The van der Waals surface area contributed by atoms with Gasteiger partial charge in [-0.1, -0.05) is 135 Å². The van der Waals surface area contributed by atoms with E-state index >= 15 is 0 Å². The topological polar surface area (TPSA) is 38.7 Å². The van der Waals surface area contributed by atoms with Gasteiger partial charge < -0.3 is 9.97 Å². The van der Waals surface area contributed by atoms with E-state index in [0.717, 1.165) is 39.5 Å². The second-order valence-corrected chi connectivity index (χ2v) is 23.4. The molecule has 4 heterocycles. The molecule has 0 N–H and O–H groups in total. The van der Waals surface area contributed by atoms with Gasteiger partial charge in [0.2, 0.25) is 0 Å². The van der Waals surface area contributed by atoms with Crippen molar-refractivity contribution in [1.29, 1.82) is 0 Å². The van der Waals surface area contributed by atoms with E-state index in [0.29, 0.717) is 11.8 Å². The molecule has 301 valence electrons. The first-order chi connectivity index (χ1) is 28.0. The minimum absolute atomic E-state index is 0. The second-order valence-electron chi connectivity index (χ2n) is 17.3. The molecule has 0 saturated heterocycles. The van der Waals surface area contributed by atoms with Gasteiger partial charge in [-0.15, -0.1) is 53.6 Å². The van der Waals surface area contributed by atoms with Gasteiger partial charge in [0, 0.05) is 48.6 Å². The second kappa shape index (κ2) is 18.4. The number of benzene rings is 4. The Morgan fingerprint density at radius 2 is 1.44 bits per heavy atom. The molecule has 1 radical (unpaired) electrons. The van der Waals surface area contributed by atoms with Crippen LogP contribution in [0.2, 0.25) is 19.6 Å². The van der Waals surface area contributed by atoms with Gasteiger partial charge in [0.15, 0.2) is 0 Å². The van der Waals surface area contributed by atoms with Gasteiger partial charge in [-0.05, 0) is 101 Å². The van der Waals surface area contributed by atoms with Crippen molar-refractivity contribution in [3.63, 3.8) is 0 Å². The fourth-order valence-corrected chi connectivity index (χ4v) is 11.4. The zero-order chi connectivity index (χ0) is 40.4. The van der Waals surface area contributed by atoms with E-state index in [4.69, 9.17) is 9.97 Å². The molecule has 0 spiro atoms. The molecule has 4 aromatic carbocycles. The molecule has 1 fully saturated rings. The number of aromatic nitrogens is 3. The van der Waals surface area contributed by atoms with E-state index in [1.54, 1.807) is 0 Å². The Bertz CT molecular complexity index is 2670. The maximum Gasteiger partial charge on any atom is 0.0799 e. The summed E-state index contributed by atoms with van der Waals surface area (Å²) in [6.45, 7) is 15.8. The molecule has 9 rings (SSSR count). The molecule has 0 bridgehead atoms. The van der Waals surface area contributed by atoms with Crippen LogP contribution in [0.25, 0.3) is 64.9 Å². The Labute approximate surface area is 369 Å². The standard InChI is InChI=1S/C29H24NS.C24H29N2Si.Ir/c1-3-8-20(9-4-1)22-14-15-24-25-12-7-13-26(29(25)31-28(24)19-22)27-18-23(16-17-30-27)21-10-5-2-6-11-21;1-16(2)22-14-23(25-15-24(22)27(5,6)7)20-10-8-19(9-11-20)21-12-17(3)26-18(4)13-21;/h1,3-4,7-9,12,14-19,21H,2,5-6,10-11H2;8-10,12-16H,1-7H3;/q2*-1;. The van der Waals surface area contributed by atoms with Crippen LogP contribution in [0.3, 0.4) is 0 Å². The summed E-state index contributed by atoms with van der Waals surface area (Å²) in [6, 6.07) is 46.1. The minimum Gasteiger partial charge on any atom is -0.305 e. The van der Waals surface area contributed by atoms with E-state index in [1.165, 1.54) is 85.3 Å². The van der Waals surface area contributed by atoms with Crippen molar-refractivity contribution in [2.45, 2.75) is 91.3 Å². The van der Waals surface area contributed by atoms with Crippen LogP contribution < -0.4 is 5.19 Å². The molecular formula is C53H53IrN3SSi-2. The Kier molecular flexibility index (Phi) is 13.2. The molecule has 0 atom stereocenters. The van der Waals surface area contributed by atoms with E-state index in [2.05, 4.69) is 166 Å². The average Bonchev–Trinajstić information content (AvgIpc) is 3.62. The molecule has 1 aliphatic carbocycles. The smallest absolute Gasteiger partial charge is 0.0799 e. The molecular weight excluding hydrogens is 931 g/mol. The maximum atomic E-state index is 4.78. The first-order valence-electron chi connectivity index (χ1n) is 20.9. The Balaban J connectivity index is 0.000000178. The molecule has 0 aliphatic heterocycles. The van der Waals surface area contributed by atoms with E-state index in [-0.39, 0.29) is 20.1 Å². The number of nitrogens with zero attached hydrogens (tertiary/aromatic N) is 3. The zero-order valence-electron chi connectivity index (χ0n) is 35.3. The SMILES string of the molecule is Cc1cc(-c2c[c-]c(-c3cc(C(C)C)c([Si](C)(C)C)cn3)cc2)cc(C)n1.[Ir].[c-]1ccc2c(sc3cc(-c4ccccc4)ccc32)c1-c1cc(C2CCCCC2)ccn1. The van der Waals surface area contributed by atoms with Crippen LogP contribution in [0.4, 0.5) is 0 Å². The summed E-state index contributed by atoms with van der Waals surface area (Å²) in [5.41, 5.74) is 14.1. The van der Waals surface area contributed by atoms with Gasteiger partial charge in [-0.3, -0.25) is 4.98 Å². The van der Waals surface area contributed by atoms with Gasteiger partial charge in [0.1, 0.15) is 0 Å². The van der Waals surface area contributed by atoms with Crippen LogP contribution in [0.1, 0.15) is 80.3 Å². The third-order valence-electron chi connectivity index (χ3n) is 11.5. The molecule has 8 aromatic rings. The minimum atomic E-state index is -1.41.